The first kappa shape index (κ1) is 18.2. The molecule has 2 aliphatic rings. The lowest BCUT2D eigenvalue weighted by molar-refractivity contribution is 0.0727. The summed E-state index contributed by atoms with van der Waals surface area (Å²) in [5.41, 5.74) is 2.72. The van der Waals surface area contributed by atoms with Crippen LogP contribution in [0.2, 0.25) is 0 Å². The molecule has 142 valence electrons. The summed E-state index contributed by atoms with van der Waals surface area (Å²) >= 11 is 0. The molecule has 0 amide bonds. The zero-order valence-electron chi connectivity index (χ0n) is 14.9. The van der Waals surface area contributed by atoms with E-state index in [-0.39, 0.29) is 10.5 Å². The Hall–Kier alpha value is -2.22. The average Bonchev–Trinajstić information content (AvgIpc) is 3.16. The molecule has 6 nitrogen and oxygen atoms in total. The van der Waals surface area contributed by atoms with Crippen LogP contribution in [-0.2, 0) is 27.6 Å². The first-order valence-electron chi connectivity index (χ1n) is 9.06. The predicted octanol–water partition coefficient (Wildman–Crippen LogP) is 2.42. The van der Waals surface area contributed by atoms with Crippen LogP contribution in [0.25, 0.3) is 0 Å². The van der Waals surface area contributed by atoms with Crippen LogP contribution in [0.3, 0.4) is 0 Å². The molecular formula is C20H21NO5S. The third-order valence-electron chi connectivity index (χ3n) is 4.96. The van der Waals surface area contributed by atoms with E-state index in [2.05, 4.69) is 0 Å². The second-order valence-corrected chi connectivity index (χ2v) is 8.66. The van der Waals surface area contributed by atoms with Gasteiger partial charge in [0.2, 0.25) is 10.0 Å². The van der Waals surface area contributed by atoms with E-state index >= 15 is 0 Å². The smallest absolute Gasteiger partial charge is 0.343 e. The minimum atomic E-state index is -3.65. The van der Waals surface area contributed by atoms with Crippen LogP contribution in [0.1, 0.15) is 27.9 Å². The predicted molar refractivity (Wildman–Crippen MR) is 99.4 cm³/mol. The summed E-state index contributed by atoms with van der Waals surface area (Å²) in [6.07, 6.45) is 3.17. The summed E-state index contributed by atoms with van der Waals surface area (Å²) in [5.74, 6) is -0.0749. The third kappa shape index (κ3) is 3.76. The number of benzene rings is 2. The molecular weight excluding hydrogens is 366 g/mol. The van der Waals surface area contributed by atoms with Gasteiger partial charge in [-0.2, -0.15) is 4.31 Å². The molecule has 0 bridgehead atoms. The molecule has 1 fully saturated rings. The Morgan fingerprint density at radius 2 is 1.78 bits per heavy atom. The normalized spacial score (nSPS) is 17.5. The van der Waals surface area contributed by atoms with Gasteiger partial charge in [0.15, 0.2) is 0 Å². The molecule has 0 radical (unpaired) electrons. The number of nitrogens with zero attached hydrogens (tertiary/aromatic N) is 1. The Kier molecular flexibility index (Phi) is 4.99. The third-order valence-corrected chi connectivity index (χ3v) is 6.85. The van der Waals surface area contributed by atoms with Crippen LogP contribution in [0.4, 0.5) is 0 Å². The van der Waals surface area contributed by atoms with Gasteiger partial charge < -0.3 is 9.47 Å². The van der Waals surface area contributed by atoms with Gasteiger partial charge in [0.1, 0.15) is 5.75 Å². The van der Waals surface area contributed by atoms with Gasteiger partial charge in [-0.15, -0.1) is 0 Å². The fourth-order valence-electron chi connectivity index (χ4n) is 3.50. The van der Waals surface area contributed by atoms with E-state index in [4.69, 9.17) is 9.47 Å². The summed E-state index contributed by atoms with van der Waals surface area (Å²) in [6, 6.07) is 11.7. The molecule has 1 aliphatic heterocycles. The topological polar surface area (TPSA) is 72.9 Å². The molecule has 0 atom stereocenters. The molecule has 0 aromatic heterocycles. The lowest BCUT2D eigenvalue weighted by Crippen LogP contribution is -2.40. The Morgan fingerprint density at radius 3 is 2.59 bits per heavy atom. The molecule has 2 aromatic rings. The van der Waals surface area contributed by atoms with E-state index in [1.807, 2.05) is 12.1 Å². The molecule has 1 heterocycles. The monoisotopic (exact) mass is 387 g/mol. The van der Waals surface area contributed by atoms with E-state index in [1.165, 1.54) is 27.6 Å². The van der Waals surface area contributed by atoms with Gasteiger partial charge >= 0.3 is 5.97 Å². The van der Waals surface area contributed by atoms with Crippen LogP contribution >= 0.6 is 0 Å². The second-order valence-electron chi connectivity index (χ2n) is 6.72. The zero-order valence-corrected chi connectivity index (χ0v) is 15.7. The molecule has 1 saturated heterocycles. The van der Waals surface area contributed by atoms with Crippen molar-refractivity contribution < 1.29 is 22.7 Å². The zero-order chi connectivity index (χ0) is 18.9. The van der Waals surface area contributed by atoms with Gasteiger partial charge in [0.25, 0.3) is 0 Å². The number of esters is 1. The first-order chi connectivity index (χ1) is 13.0. The summed E-state index contributed by atoms with van der Waals surface area (Å²) in [5, 5.41) is 0. The van der Waals surface area contributed by atoms with Crippen molar-refractivity contribution in [3.05, 3.63) is 59.2 Å². The van der Waals surface area contributed by atoms with Gasteiger partial charge in [-0.1, -0.05) is 12.1 Å². The highest BCUT2D eigenvalue weighted by Crippen LogP contribution is 2.27. The molecule has 0 saturated carbocycles. The van der Waals surface area contributed by atoms with Crippen molar-refractivity contribution in [2.75, 3.05) is 26.3 Å². The van der Waals surface area contributed by atoms with Crippen molar-refractivity contribution in [2.45, 2.75) is 24.2 Å². The number of rotatable bonds is 4. The Labute approximate surface area is 158 Å². The van der Waals surface area contributed by atoms with Crippen LogP contribution < -0.4 is 4.74 Å². The Balaban J connectivity index is 1.54. The van der Waals surface area contributed by atoms with Gasteiger partial charge in [-0.3, -0.25) is 0 Å². The number of hydrogen-bond acceptors (Lipinski definition) is 5. The highest BCUT2D eigenvalue weighted by Gasteiger charge is 2.27. The summed E-state index contributed by atoms with van der Waals surface area (Å²) in [4.78, 5) is 12.6. The van der Waals surface area contributed by atoms with E-state index in [0.29, 0.717) is 32.1 Å². The molecule has 0 unspecified atom stereocenters. The van der Waals surface area contributed by atoms with Crippen molar-refractivity contribution >= 4 is 16.0 Å². The maximum Gasteiger partial charge on any atom is 0.343 e. The minimum absolute atomic E-state index is 0.0906. The lowest BCUT2D eigenvalue weighted by Gasteiger charge is -2.26. The largest absolute Gasteiger partial charge is 0.423 e. The molecule has 0 N–H and O–H groups in total. The minimum Gasteiger partial charge on any atom is -0.423 e. The maximum atomic E-state index is 12.8. The van der Waals surface area contributed by atoms with Crippen molar-refractivity contribution in [2.24, 2.45) is 0 Å². The highest BCUT2D eigenvalue weighted by molar-refractivity contribution is 7.89. The number of carbonyl (C=O) groups is 1. The quantitative estimate of drug-likeness (QED) is 0.595. The lowest BCUT2D eigenvalue weighted by atomic mass is 10.1. The van der Waals surface area contributed by atoms with E-state index < -0.39 is 16.0 Å². The number of ether oxygens (including phenoxy) is 2. The molecule has 0 spiro atoms. The number of hydrogen-bond donors (Lipinski definition) is 0. The Bertz CT molecular complexity index is 964. The fourth-order valence-corrected chi connectivity index (χ4v) is 4.95. The van der Waals surface area contributed by atoms with Gasteiger partial charge in [-0.25, -0.2) is 13.2 Å². The number of morpholine rings is 1. The summed E-state index contributed by atoms with van der Waals surface area (Å²) in [6.45, 7) is 1.37. The summed E-state index contributed by atoms with van der Waals surface area (Å²) < 4.78 is 37.6. The second kappa shape index (κ2) is 7.42. The van der Waals surface area contributed by atoms with Crippen molar-refractivity contribution in [3.63, 3.8) is 0 Å². The molecule has 7 heteroatoms. The van der Waals surface area contributed by atoms with Gasteiger partial charge in [-0.05, 0) is 60.7 Å². The van der Waals surface area contributed by atoms with Crippen molar-refractivity contribution in [1.82, 2.24) is 4.31 Å². The molecule has 1 aliphatic carbocycles. The number of fused-ring (bicyclic) bond motifs is 1. The van der Waals surface area contributed by atoms with Crippen LogP contribution in [0.5, 0.6) is 5.75 Å². The number of sulfonamides is 1. The number of carbonyl (C=O) groups excluding carboxylic acids is 1. The Morgan fingerprint density at radius 1 is 1.00 bits per heavy atom. The van der Waals surface area contributed by atoms with Crippen LogP contribution in [0.15, 0.2) is 47.4 Å². The van der Waals surface area contributed by atoms with Crippen molar-refractivity contribution in [3.8, 4) is 5.75 Å². The maximum absolute atomic E-state index is 12.8. The van der Waals surface area contributed by atoms with Gasteiger partial charge in [0, 0.05) is 13.1 Å². The van der Waals surface area contributed by atoms with E-state index in [0.717, 1.165) is 19.3 Å². The fraction of sp³-hybridized carbons (Fsp3) is 0.350. The standard InChI is InChI=1S/C20H21NO5S/c22-20(26-18-8-7-15-3-1-4-16(15)13-18)17-5-2-6-19(14-17)27(23,24)21-9-11-25-12-10-21/h2,5-8,13-14H,1,3-4,9-12H2. The van der Waals surface area contributed by atoms with Crippen LogP contribution in [0, 0.1) is 0 Å². The first-order valence-corrected chi connectivity index (χ1v) is 10.5. The summed E-state index contributed by atoms with van der Waals surface area (Å²) in [7, 11) is -3.65. The SMILES string of the molecule is O=C(Oc1ccc2c(c1)CCC2)c1cccc(S(=O)(=O)N2CCOCC2)c1. The van der Waals surface area contributed by atoms with Gasteiger partial charge in [0.05, 0.1) is 23.7 Å². The van der Waals surface area contributed by atoms with E-state index in [9.17, 15) is 13.2 Å². The highest BCUT2D eigenvalue weighted by atomic mass is 32.2. The average molecular weight is 387 g/mol. The van der Waals surface area contributed by atoms with E-state index in [1.54, 1.807) is 18.2 Å². The van der Waals surface area contributed by atoms with Crippen molar-refractivity contribution in [1.29, 1.82) is 0 Å². The molecule has 27 heavy (non-hydrogen) atoms. The number of aryl methyl sites for hydroxylation is 2. The molecule has 2 aromatic carbocycles. The van der Waals surface area contributed by atoms with Crippen LogP contribution in [-0.4, -0.2) is 45.0 Å². The molecule has 4 rings (SSSR count).